The maximum Gasteiger partial charge on any atom is 0.227 e. The number of aromatic nitrogens is 1. The van der Waals surface area contributed by atoms with Crippen molar-refractivity contribution in [2.75, 3.05) is 4.90 Å². The van der Waals surface area contributed by atoms with Gasteiger partial charge in [-0.15, -0.1) is 0 Å². The summed E-state index contributed by atoms with van der Waals surface area (Å²) < 4.78 is 6.57. The number of rotatable bonds is 5. The Morgan fingerprint density at radius 2 is 1.07 bits per heavy atom. The van der Waals surface area contributed by atoms with E-state index in [1.165, 1.54) is 27.3 Å². The van der Waals surface area contributed by atoms with Crippen LogP contribution in [0.25, 0.3) is 66.0 Å². The van der Waals surface area contributed by atoms with Crippen LogP contribution in [-0.2, 0) is 0 Å². The van der Waals surface area contributed by atoms with Gasteiger partial charge in [-0.2, -0.15) is 0 Å². The molecule has 0 fully saturated rings. The predicted octanol–water partition coefficient (Wildman–Crippen LogP) is 12.1. The van der Waals surface area contributed by atoms with Gasteiger partial charge in [-0.05, 0) is 63.7 Å². The summed E-state index contributed by atoms with van der Waals surface area (Å²) in [6.45, 7) is 0. The Balaban J connectivity index is 1.30. The first-order chi connectivity index (χ1) is 22.8. The van der Waals surface area contributed by atoms with Crippen molar-refractivity contribution in [2.24, 2.45) is 0 Å². The third-order valence-electron chi connectivity index (χ3n) is 8.85. The lowest BCUT2D eigenvalue weighted by atomic mass is 9.96. The van der Waals surface area contributed by atoms with Gasteiger partial charge in [-0.1, -0.05) is 133 Å². The third-order valence-corrected chi connectivity index (χ3v) is 8.85. The second-order valence-electron chi connectivity index (χ2n) is 11.6. The van der Waals surface area contributed by atoms with Gasteiger partial charge in [0.05, 0.1) is 11.4 Å². The normalized spacial score (nSPS) is 11.5. The molecule has 0 atom stereocenters. The summed E-state index contributed by atoms with van der Waals surface area (Å²) in [6.07, 6.45) is 0. The van der Waals surface area contributed by atoms with E-state index < -0.39 is 0 Å². The number of anilines is 3. The second-order valence-corrected chi connectivity index (χ2v) is 11.6. The number of hydrogen-bond acceptors (Lipinski definition) is 3. The molecule has 0 aliphatic rings. The van der Waals surface area contributed by atoms with E-state index in [1.807, 2.05) is 0 Å². The Morgan fingerprint density at radius 1 is 0.435 bits per heavy atom. The van der Waals surface area contributed by atoms with Crippen molar-refractivity contribution in [3.8, 4) is 22.6 Å². The summed E-state index contributed by atoms with van der Waals surface area (Å²) in [7, 11) is 0. The van der Waals surface area contributed by atoms with E-state index >= 15 is 0 Å². The molecule has 0 N–H and O–H groups in total. The van der Waals surface area contributed by atoms with E-state index in [9.17, 15) is 0 Å². The fourth-order valence-electron chi connectivity index (χ4n) is 6.70. The molecule has 1 heterocycles. The number of benzene rings is 8. The van der Waals surface area contributed by atoms with Gasteiger partial charge in [-0.25, -0.2) is 4.98 Å². The summed E-state index contributed by atoms with van der Waals surface area (Å²) in [5.74, 6) is 0.618. The van der Waals surface area contributed by atoms with Crippen molar-refractivity contribution in [3.63, 3.8) is 0 Å². The van der Waals surface area contributed by atoms with Crippen LogP contribution in [0.15, 0.2) is 174 Å². The zero-order valence-corrected chi connectivity index (χ0v) is 25.0. The van der Waals surface area contributed by atoms with E-state index in [1.54, 1.807) is 0 Å². The average Bonchev–Trinajstić information content (AvgIpc) is 3.57. The summed E-state index contributed by atoms with van der Waals surface area (Å²) in [4.78, 5) is 7.46. The van der Waals surface area contributed by atoms with Crippen LogP contribution in [0.5, 0.6) is 0 Å². The molecule has 1 aromatic heterocycles. The minimum Gasteiger partial charge on any atom is -0.435 e. The fourth-order valence-corrected chi connectivity index (χ4v) is 6.70. The molecular weight excluding hydrogens is 560 g/mol. The van der Waals surface area contributed by atoms with E-state index in [-0.39, 0.29) is 0 Å². The molecule has 3 heteroatoms. The molecule has 0 spiro atoms. The van der Waals surface area contributed by atoms with Crippen molar-refractivity contribution < 1.29 is 4.42 Å². The molecular formula is C43H28N2O. The lowest BCUT2D eigenvalue weighted by Crippen LogP contribution is -2.11. The smallest absolute Gasteiger partial charge is 0.227 e. The van der Waals surface area contributed by atoms with Gasteiger partial charge in [0.2, 0.25) is 5.89 Å². The molecule has 0 saturated heterocycles. The molecule has 0 unspecified atom stereocenters. The van der Waals surface area contributed by atoms with Gasteiger partial charge in [0, 0.05) is 27.4 Å². The van der Waals surface area contributed by atoms with Gasteiger partial charge < -0.3 is 9.32 Å². The van der Waals surface area contributed by atoms with Gasteiger partial charge in [0.15, 0.2) is 5.58 Å². The zero-order valence-electron chi connectivity index (χ0n) is 25.0. The minimum atomic E-state index is 0.618. The molecule has 8 aromatic carbocycles. The summed E-state index contributed by atoms with van der Waals surface area (Å²) in [6, 6.07) is 59.8. The van der Waals surface area contributed by atoms with Crippen LogP contribution in [0, 0.1) is 0 Å². The number of hydrogen-bond donors (Lipinski definition) is 0. The molecule has 0 bridgehead atoms. The van der Waals surface area contributed by atoms with Crippen molar-refractivity contribution >= 4 is 60.5 Å². The second kappa shape index (κ2) is 10.8. The van der Waals surface area contributed by atoms with Crippen molar-refractivity contribution in [1.29, 1.82) is 0 Å². The number of fused-ring (bicyclic) bond motifs is 5. The molecule has 0 radical (unpaired) electrons. The summed E-state index contributed by atoms with van der Waals surface area (Å²) in [5.41, 5.74) is 8.21. The maximum atomic E-state index is 6.57. The standard InChI is InChI=1S/C43H28N2O/c1-3-14-30(15-4-1)34-25-26-40(36-20-10-9-19-35(34)36)45(33-17-5-2-6-18-33)41-28-39-42(38-22-12-11-21-37(38)41)46-43(44-39)32-24-23-29-13-7-8-16-31(29)27-32/h1-28H. The van der Waals surface area contributed by atoms with Gasteiger partial charge in [-0.3, -0.25) is 0 Å². The van der Waals surface area contributed by atoms with Crippen molar-refractivity contribution in [3.05, 3.63) is 170 Å². The van der Waals surface area contributed by atoms with Gasteiger partial charge in [0.25, 0.3) is 0 Å². The fraction of sp³-hybridized carbons (Fsp3) is 0. The van der Waals surface area contributed by atoms with E-state index in [0.717, 1.165) is 49.9 Å². The Labute approximate surface area is 266 Å². The third kappa shape index (κ3) is 4.33. The molecule has 0 aliphatic heterocycles. The van der Waals surface area contributed by atoms with Crippen LogP contribution in [0.2, 0.25) is 0 Å². The van der Waals surface area contributed by atoms with Crippen molar-refractivity contribution in [1.82, 2.24) is 4.98 Å². The Morgan fingerprint density at radius 3 is 1.85 bits per heavy atom. The van der Waals surface area contributed by atoms with Crippen LogP contribution in [0.1, 0.15) is 0 Å². The topological polar surface area (TPSA) is 29.3 Å². The summed E-state index contributed by atoms with van der Waals surface area (Å²) in [5, 5.41) is 6.86. The number of nitrogens with zero attached hydrogens (tertiary/aromatic N) is 2. The first kappa shape index (κ1) is 26.2. The SMILES string of the molecule is c1ccc(-c2ccc(N(c3ccccc3)c3cc4nc(-c5ccc6ccccc6c5)oc4c4ccccc34)c3ccccc23)cc1. The summed E-state index contributed by atoms with van der Waals surface area (Å²) >= 11 is 0. The zero-order chi connectivity index (χ0) is 30.5. The Hall–Kier alpha value is -6.19. The number of para-hydroxylation sites is 1. The van der Waals surface area contributed by atoms with Crippen LogP contribution >= 0.6 is 0 Å². The number of oxazole rings is 1. The molecule has 3 nitrogen and oxygen atoms in total. The lowest BCUT2D eigenvalue weighted by Gasteiger charge is -2.28. The van der Waals surface area contributed by atoms with Crippen LogP contribution < -0.4 is 4.90 Å². The van der Waals surface area contributed by atoms with Crippen molar-refractivity contribution in [2.45, 2.75) is 0 Å². The average molecular weight is 589 g/mol. The molecule has 216 valence electrons. The van der Waals surface area contributed by atoms with E-state index in [0.29, 0.717) is 5.89 Å². The monoisotopic (exact) mass is 588 g/mol. The van der Waals surface area contributed by atoms with E-state index in [2.05, 4.69) is 175 Å². The van der Waals surface area contributed by atoms with Gasteiger partial charge >= 0.3 is 0 Å². The maximum absolute atomic E-state index is 6.57. The first-order valence-electron chi connectivity index (χ1n) is 15.6. The molecule has 46 heavy (non-hydrogen) atoms. The molecule has 0 amide bonds. The molecule has 0 aliphatic carbocycles. The quantitative estimate of drug-likeness (QED) is 0.200. The Kier molecular flexibility index (Phi) is 6.14. The molecule has 9 aromatic rings. The minimum absolute atomic E-state index is 0.618. The Bertz CT molecular complexity index is 2530. The molecule has 9 rings (SSSR count). The first-order valence-corrected chi connectivity index (χ1v) is 15.6. The highest BCUT2D eigenvalue weighted by Crippen LogP contribution is 2.46. The van der Waals surface area contributed by atoms with E-state index in [4.69, 9.17) is 9.40 Å². The van der Waals surface area contributed by atoms with Gasteiger partial charge in [0.1, 0.15) is 5.52 Å². The largest absolute Gasteiger partial charge is 0.435 e. The van der Waals surface area contributed by atoms with Crippen LogP contribution in [-0.4, -0.2) is 4.98 Å². The van der Waals surface area contributed by atoms with Crippen LogP contribution in [0.3, 0.4) is 0 Å². The molecule has 0 saturated carbocycles. The lowest BCUT2D eigenvalue weighted by molar-refractivity contribution is 0.623. The highest BCUT2D eigenvalue weighted by atomic mass is 16.3. The van der Waals surface area contributed by atoms with Crippen LogP contribution in [0.4, 0.5) is 17.1 Å². The highest BCUT2D eigenvalue weighted by Gasteiger charge is 2.22. The predicted molar refractivity (Wildman–Crippen MR) is 192 cm³/mol. The highest BCUT2D eigenvalue weighted by molar-refractivity contribution is 6.14.